The maximum Gasteiger partial charge on any atom is 0.0594 e. The molecular formula is C22H47N3O2. The van der Waals surface area contributed by atoms with E-state index in [1.165, 1.54) is 45.4 Å². The molecule has 2 saturated heterocycles. The normalized spacial score (nSPS) is 19.3. The van der Waals surface area contributed by atoms with Crippen LogP contribution < -0.4 is 5.32 Å². The zero-order chi connectivity index (χ0) is 18.8. The summed E-state index contributed by atoms with van der Waals surface area (Å²) in [5.74, 6) is 0.822. The van der Waals surface area contributed by atoms with Crippen LogP contribution in [0, 0.1) is 11.3 Å². The van der Waals surface area contributed by atoms with E-state index in [1.807, 2.05) is 0 Å². The Bertz CT molecular complexity index is 363. The van der Waals surface area contributed by atoms with Gasteiger partial charge in [0, 0.05) is 63.9 Å². The van der Waals surface area contributed by atoms with E-state index >= 15 is 0 Å². The summed E-state index contributed by atoms with van der Waals surface area (Å²) in [4.78, 5) is 5.10. The number of ether oxygens (including phenoxy) is 2. The standard InChI is InChI=1S/C21H43N3O2.CH4/c1-19(2)7-5-6-11-25-13-9-23-15-21(16-23)17-24(18-21)10-14-26-12-8-22-20(3)4;/h19-20,22H,5-18H2,1-4H3;1H4. The number of nitrogens with one attached hydrogen (secondary N) is 1. The zero-order valence-electron chi connectivity index (χ0n) is 17.8. The van der Waals surface area contributed by atoms with Crippen molar-refractivity contribution in [2.24, 2.45) is 11.3 Å². The number of rotatable bonds is 15. The van der Waals surface area contributed by atoms with Gasteiger partial charge in [-0.1, -0.05) is 48.0 Å². The van der Waals surface area contributed by atoms with Crippen LogP contribution in [-0.4, -0.2) is 88.1 Å². The third kappa shape index (κ3) is 9.71. The van der Waals surface area contributed by atoms with E-state index in [0.29, 0.717) is 11.5 Å². The molecule has 2 aliphatic rings. The monoisotopic (exact) mass is 385 g/mol. The van der Waals surface area contributed by atoms with Crippen molar-refractivity contribution >= 4 is 0 Å². The fourth-order valence-electron chi connectivity index (χ4n) is 4.09. The lowest BCUT2D eigenvalue weighted by molar-refractivity contribution is -0.123. The summed E-state index contributed by atoms with van der Waals surface area (Å²) < 4.78 is 11.5. The predicted octanol–water partition coefficient (Wildman–Crippen LogP) is 3.10. The Kier molecular flexibility index (Phi) is 12.1. The highest BCUT2D eigenvalue weighted by atomic mass is 16.5. The molecule has 2 rings (SSSR count). The van der Waals surface area contributed by atoms with Gasteiger partial charge in [0.25, 0.3) is 0 Å². The molecule has 0 bridgehead atoms. The summed E-state index contributed by atoms with van der Waals surface area (Å²) in [5.41, 5.74) is 0.594. The molecule has 5 heteroatoms. The first-order chi connectivity index (χ1) is 12.5. The first-order valence-corrected chi connectivity index (χ1v) is 10.8. The van der Waals surface area contributed by atoms with Crippen LogP contribution in [0.3, 0.4) is 0 Å². The lowest BCUT2D eigenvalue weighted by atomic mass is 9.73. The van der Waals surface area contributed by atoms with Gasteiger partial charge in [0.05, 0.1) is 19.8 Å². The molecule has 0 aromatic carbocycles. The molecule has 0 aromatic heterocycles. The number of nitrogens with zero attached hydrogens (tertiary/aromatic N) is 2. The van der Waals surface area contributed by atoms with E-state index in [9.17, 15) is 0 Å². The van der Waals surface area contributed by atoms with Crippen LogP contribution in [0.15, 0.2) is 0 Å². The highest BCUT2D eigenvalue weighted by Crippen LogP contribution is 2.38. The summed E-state index contributed by atoms with van der Waals surface area (Å²) in [5, 5.41) is 3.38. The zero-order valence-corrected chi connectivity index (χ0v) is 17.8. The van der Waals surface area contributed by atoms with Crippen LogP contribution in [0.4, 0.5) is 0 Å². The lowest BCUT2D eigenvalue weighted by Crippen LogP contribution is -2.72. The number of hydrogen-bond acceptors (Lipinski definition) is 5. The second kappa shape index (κ2) is 13.1. The molecule has 2 aliphatic heterocycles. The van der Waals surface area contributed by atoms with Crippen LogP contribution >= 0.6 is 0 Å². The Hall–Kier alpha value is -0.200. The van der Waals surface area contributed by atoms with E-state index in [-0.39, 0.29) is 7.43 Å². The van der Waals surface area contributed by atoms with Crippen LogP contribution in [0.25, 0.3) is 0 Å². The molecule has 2 heterocycles. The summed E-state index contributed by atoms with van der Waals surface area (Å²) in [7, 11) is 0. The average molecular weight is 386 g/mol. The topological polar surface area (TPSA) is 37.0 Å². The van der Waals surface area contributed by atoms with Gasteiger partial charge in [-0.3, -0.25) is 9.80 Å². The molecule has 0 saturated carbocycles. The fraction of sp³-hybridized carbons (Fsp3) is 1.00. The minimum atomic E-state index is 0. The summed E-state index contributed by atoms with van der Waals surface area (Å²) in [6.45, 7) is 20.6. The summed E-state index contributed by atoms with van der Waals surface area (Å²) in [6, 6.07) is 0.547. The molecule has 0 aromatic rings. The van der Waals surface area contributed by atoms with Crippen molar-refractivity contribution < 1.29 is 9.47 Å². The van der Waals surface area contributed by atoms with Gasteiger partial charge in [-0.15, -0.1) is 0 Å². The third-order valence-corrected chi connectivity index (χ3v) is 5.46. The molecule has 0 amide bonds. The Morgan fingerprint density at radius 2 is 1.37 bits per heavy atom. The van der Waals surface area contributed by atoms with Crippen molar-refractivity contribution in [2.75, 3.05) is 72.2 Å². The van der Waals surface area contributed by atoms with Gasteiger partial charge in [-0.2, -0.15) is 0 Å². The van der Waals surface area contributed by atoms with Crippen molar-refractivity contribution in [3.63, 3.8) is 0 Å². The Balaban J connectivity index is 0.00000364. The highest BCUT2D eigenvalue weighted by Gasteiger charge is 2.50. The van der Waals surface area contributed by atoms with Crippen LogP contribution in [0.5, 0.6) is 0 Å². The van der Waals surface area contributed by atoms with Crippen molar-refractivity contribution in [1.82, 2.24) is 15.1 Å². The van der Waals surface area contributed by atoms with E-state index in [0.717, 1.165) is 52.0 Å². The smallest absolute Gasteiger partial charge is 0.0594 e. The minimum absolute atomic E-state index is 0. The van der Waals surface area contributed by atoms with E-state index in [2.05, 4.69) is 42.8 Å². The van der Waals surface area contributed by atoms with Crippen LogP contribution in [0.2, 0.25) is 0 Å². The molecule has 2 fully saturated rings. The molecule has 1 spiro atoms. The molecule has 27 heavy (non-hydrogen) atoms. The molecule has 0 unspecified atom stereocenters. The van der Waals surface area contributed by atoms with Gasteiger partial charge in [-0.25, -0.2) is 0 Å². The fourth-order valence-corrected chi connectivity index (χ4v) is 4.09. The van der Waals surface area contributed by atoms with Crippen molar-refractivity contribution in [2.45, 2.75) is 60.4 Å². The van der Waals surface area contributed by atoms with Gasteiger partial charge in [0.15, 0.2) is 0 Å². The number of hydrogen-bond donors (Lipinski definition) is 1. The van der Waals surface area contributed by atoms with Gasteiger partial charge < -0.3 is 14.8 Å². The molecule has 0 aliphatic carbocycles. The van der Waals surface area contributed by atoms with E-state index in [4.69, 9.17) is 9.47 Å². The second-order valence-electron chi connectivity index (χ2n) is 9.14. The van der Waals surface area contributed by atoms with Gasteiger partial charge >= 0.3 is 0 Å². The quantitative estimate of drug-likeness (QED) is 0.439. The molecular weight excluding hydrogens is 338 g/mol. The maximum atomic E-state index is 5.79. The minimum Gasteiger partial charge on any atom is -0.380 e. The summed E-state index contributed by atoms with van der Waals surface area (Å²) in [6.07, 6.45) is 3.85. The lowest BCUT2D eigenvalue weighted by Gasteiger charge is -2.60. The van der Waals surface area contributed by atoms with Crippen molar-refractivity contribution in [3.8, 4) is 0 Å². The molecule has 162 valence electrons. The third-order valence-electron chi connectivity index (χ3n) is 5.46. The second-order valence-corrected chi connectivity index (χ2v) is 9.14. The molecule has 5 nitrogen and oxygen atoms in total. The predicted molar refractivity (Wildman–Crippen MR) is 116 cm³/mol. The first kappa shape index (κ1) is 24.8. The SMILES string of the molecule is C.CC(C)CCCCOCCN1CC2(C1)CN(CCOCCNC(C)C)C2. The molecule has 0 radical (unpaired) electrons. The Morgan fingerprint density at radius 1 is 0.815 bits per heavy atom. The maximum absolute atomic E-state index is 5.79. The van der Waals surface area contributed by atoms with Crippen LogP contribution in [-0.2, 0) is 9.47 Å². The number of unbranched alkanes of at least 4 members (excludes halogenated alkanes) is 1. The van der Waals surface area contributed by atoms with E-state index < -0.39 is 0 Å². The van der Waals surface area contributed by atoms with Gasteiger partial charge in [-0.05, 0) is 12.3 Å². The van der Waals surface area contributed by atoms with Gasteiger partial charge in [0.2, 0.25) is 0 Å². The summed E-state index contributed by atoms with van der Waals surface area (Å²) >= 11 is 0. The van der Waals surface area contributed by atoms with E-state index in [1.54, 1.807) is 0 Å². The first-order valence-electron chi connectivity index (χ1n) is 10.8. The highest BCUT2D eigenvalue weighted by molar-refractivity contribution is 5.05. The van der Waals surface area contributed by atoms with Crippen LogP contribution in [0.1, 0.15) is 54.4 Å². The Morgan fingerprint density at radius 3 is 1.89 bits per heavy atom. The van der Waals surface area contributed by atoms with Crippen molar-refractivity contribution in [3.05, 3.63) is 0 Å². The Labute approximate surface area is 169 Å². The molecule has 1 N–H and O–H groups in total. The largest absolute Gasteiger partial charge is 0.380 e. The number of likely N-dealkylation sites (tertiary alicyclic amines) is 2. The van der Waals surface area contributed by atoms with Gasteiger partial charge in [0.1, 0.15) is 0 Å². The average Bonchev–Trinajstić information content (AvgIpc) is 2.50. The molecule has 0 atom stereocenters. The van der Waals surface area contributed by atoms with Crippen molar-refractivity contribution in [1.29, 1.82) is 0 Å².